The highest BCUT2D eigenvalue weighted by Gasteiger charge is 2.02. The number of rotatable bonds is 2. The highest BCUT2D eigenvalue weighted by atomic mass is 19.1. The van der Waals surface area contributed by atoms with Crippen LogP contribution in [0.15, 0.2) is 12.4 Å². The molecule has 0 radical (unpaired) electrons. The topological polar surface area (TPSA) is 63.1 Å². The monoisotopic (exact) mass is 156 g/mol. The molecule has 0 aliphatic rings. The van der Waals surface area contributed by atoms with Crippen molar-refractivity contribution in [1.29, 1.82) is 0 Å². The van der Waals surface area contributed by atoms with Gasteiger partial charge < -0.3 is 5.11 Å². The molecule has 0 spiro atoms. The molecule has 0 fully saturated rings. The summed E-state index contributed by atoms with van der Waals surface area (Å²) in [5, 5.41) is 8.37. The van der Waals surface area contributed by atoms with Gasteiger partial charge in [-0.1, -0.05) is 0 Å². The molecule has 0 atom stereocenters. The van der Waals surface area contributed by atoms with E-state index in [1.807, 2.05) is 0 Å². The lowest BCUT2D eigenvalue weighted by molar-refractivity contribution is 0.0696. The third-order valence-corrected chi connectivity index (χ3v) is 1.07. The van der Waals surface area contributed by atoms with Crippen molar-refractivity contribution in [3.63, 3.8) is 0 Å². The van der Waals surface area contributed by atoms with E-state index >= 15 is 0 Å². The van der Waals surface area contributed by atoms with E-state index in [1.54, 1.807) is 0 Å². The number of nitrogens with zero attached hydrogens (tertiary/aromatic N) is 2. The molecule has 1 rings (SSSR count). The van der Waals surface area contributed by atoms with Crippen molar-refractivity contribution >= 4 is 5.97 Å². The van der Waals surface area contributed by atoms with E-state index < -0.39 is 12.6 Å². The number of halogens is 1. The highest BCUT2D eigenvalue weighted by Crippen LogP contribution is 1.96. The Balaban J connectivity index is 2.91. The predicted octanol–water partition coefficient (Wildman–Crippen LogP) is 0.644. The molecule has 0 saturated heterocycles. The number of carbonyl (C=O) groups is 1. The molecule has 1 aromatic rings. The van der Waals surface area contributed by atoms with Crippen molar-refractivity contribution in [1.82, 2.24) is 9.97 Å². The lowest BCUT2D eigenvalue weighted by atomic mass is 10.3. The summed E-state index contributed by atoms with van der Waals surface area (Å²) in [6.07, 6.45) is 2.15. The number of carboxylic acids is 1. The van der Waals surface area contributed by atoms with Crippen LogP contribution in [-0.2, 0) is 6.67 Å². The first kappa shape index (κ1) is 7.59. The first-order chi connectivity index (χ1) is 5.24. The maximum absolute atomic E-state index is 11.8. The van der Waals surface area contributed by atoms with Crippen LogP contribution >= 0.6 is 0 Å². The minimum Gasteiger partial charge on any atom is -0.478 e. The summed E-state index contributed by atoms with van der Waals surface area (Å²) in [7, 11) is 0. The predicted molar refractivity (Wildman–Crippen MR) is 33.8 cm³/mol. The van der Waals surface area contributed by atoms with Gasteiger partial charge in [-0.15, -0.1) is 0 Å². The quantitative estimate of drug-likeness (QED) is 0.682. The maximum atomic E-state index is 11.8. The molecule has 1 aromatic heterocycles. The summed E-state index contributed by atoms with van der Waals surface area (Å²) in [6, 6.07) is 0. The molecule has 1 heterocycles. The Labute approximate surface area is 61.7 Å². The molecule has 58 valence electrons. The smallest absolute Gasteiger partial charge is 0.338 e. The molecule has 0 aliphatic heterocycles. The molecule has 1 N–H and O–H groups in total. The second-order valence-electron chi connectivity index (χ2n) is 1.83. The van der Waals surface area contributed by atoms with Crippen LogP contribution in [0.4, 0.5) is 4.39 Å². The Morgan fingerprint density at radius 2 is 2.09 bits per heavy atom. The fourth-order valence-electron chi connectivity index (χ4n) is 0.534. The molecule has 11 heavy (non-hydrogen) atoms. The zero-order chi connectivity index (χ0) is 8.27. The van der Waals surface area contributed by atoms with Gasteiger partial charge in [0.05, 0.1) is 5.56 Å². The summed E-state index contributed by atoms with van der Waals surface area (Å²) < 4.78 is 11.8. The number of hydrogen-bond donors (Lipinski definition) is 1. The van der Waals surface area contributed by atoms with E-state index in [1.165, 1.54) is 0 Å². The van der Waals surface area contributed by atoms with Gasteiger partial charge in [-0.2, -0.15) is 0 Å². The van der Waals surface area contributed by atoms with Crippen molar-refractivity contribution in [3.8, 4) is 0 Å². The average Bonchev–Trinajstić information content (AvgIpc) is 2.05. The molecular weight excluding hydrogens is 151 g/mol. The van der Waals surface area contributed by atoms with Crippen LogP contribution in [-0.4, -0.2) is 21.0 Å². The highest BCUT2D eigenvalue weighted by molar-refractivity contribution is 5.86. The summed E-state index contributed by atoms with van der Waals surface area (Å²) in [5.74, 6) is -1.12. The Bertz CT molecular complexity index is 260. The summed E-state index contributed by atoms with van der Waals surface area (Å²) in [6.45, 7) is -0.778. The zero-order valence-electron chi connectivity index (χ0n) is 5.49. The normalized spacial score (nSPS) is 9.55. The Kier molecular flexibility index (Phi) is 2.10. The molecular formula is C6H5FN2O2. The molecule has 4 nitrogen and oxygen atoms in total. The van der Waals surface area contributed by atoms with Crippen LogP contribution in [0.1, 0.15) is 16.2 Å². The number of alkyl halides is 1. The van der Waals surface area contributed by atoms with E-state index in [-0.39, 0.29) is 11.4 Å². The second-order valence-corrected chi connectivity index (χ2v) is 1.83. The van der Waals surface area contributed by atoms with Crippen LogP contribution in [0.3, 0.4) is 0 Å². The van der Waals surface area contributed by atoms with Gasteiger partial charge in [-0.25, -0.2) is 19.2 Å². The van der Waals surface area contributed by atoms with Gasteiger partial charge in [-0.3, -0.25) is 0 Å². The van der Waals surface area contributed by atoms with Crippen LogP contribution in [0.5, 0.6) is 0 Å². The van der Waals surface area contributed by atoms with Crippen LogP contribution in [0.2, 0.25) is 0 Å². The molecule has 0 aromatic carbocycles. The van der Waals surface area contributed by atoms with Gasteiger partial charge in [0.15, 0.2) is 5.82 Å². The number of aromatic carboxylic acids is 1. The van der Waals surface area contributed by atoms with Crippen molar-refractivity contribution < 1.29 is 14.3 Å². The number of aromatic nitrogens is 2. The average molecular weight is 156 g/mol. The number of carboxylic acid groups (broad SMARTS) is 1. The van der Waals surface area contributed by atoms with Gasteiger partial charge in [0.25, 0.3) is 0 Å². The SMILES string of the molecule is O=C(O)c1cnc(CF)nc1. The Morgan fingerprint density at radius 1 is 1.55 bits per heavy atom. The fraction of sp³-hybridized carbons (Fsp3) is 0.167. The molecule has 0 bridgehead atoms. The van der Waals surface area contributed by atoms with Gasteiger partial charge in [-0.05, 0) is 0 Å². The van der Waals surface area contributed by atoms with E-state index in [0.29, 0.717) is 0 Å². The van der Waals surface area contributed by atoms with Gasteiger partial charge in [0.2, 0.25) is 0 Å². The molecule has 5 heteroatoms. The summed E-state index contributed by atoms with van der Waals surface area (Å²) >= 11 is 0. The van der Waals surface area contributed by atoms with Gasteiger partial charge >= 0.3 is 5.97 Å². The fourth-order valence-corrected chi connectivity index (χ4v) is 0.534. The maximum Gasteiger partial charge on any atom is 0.338 e. The standard InChI is InChI=1S/C6H5FN2O2/c7-1-5-8-2-4(3-9-5)6(10)11/h2-3H,1H2,(H,10,11). The van der Waals surface area contributed by atoms with E-state index in [2.05, 4.69) is 9.97 Å². The van der Waals surface area contributed by atoms with E-state index in [0.717, 1.165) is 12.4 Å². The van der Waals surface area contributed by atoms with E-state index in [9.17, 15) is 9.18 Å². The first-order valence-electron chi connectivity index (χ1n) is 2.84. The van der Waals surface area contributed by atoms with Crippen LogP contribution in [0.25, 0.3) is 0 Å². The minimum atomic E-state index is -1.12. The molecule has 0 saturated carbocycles. The summed E-state index contributed by atoms with van der Waals surface area (Å²) in [4.78, 5) is 17.1. The molecule has 0 amide bonds. The number of hydrogen-bond acceptors (Lipinski definition) is 3. The van der Waals surface area contributed by atoms with Crippen LogP contribution < -0.4 is 0 Å². The Morgan fingerprint density at radius 3 is 2.45 bits per heavy atom. The minimum absolute atomic E-state index is 0.00463. The summed E-state index contributed by atoms with van der Waals surface area (Å²) in [5.41, 5.74) is -0.0396. The third kappa shape index (κ3) is 1.70. The van der Waals surface area contributed by atoms with Gasteiger partial charge in [0, 0.05) is 12.4 Å². The molecule has 0 unspecified atom stereocenters. The van der Waals surface area contributed by atoms with Crippen molar-refractivity contribution in [2.75, 3.05) is 0 Å². The lowest BCUT2D eigenvalue weighted by Crippen LogP contribution is -2.00. The third-order valence-electron chi connectivity index (χ3n) is 1.07. The largest absolute Gasteiger partial charge is 0.478 e. The second kappa shape index (κ2) is 3.05. The van der Waals surface area contributed by atoms with Crippen LogP contribution in [0, 0.1) is 0 Å². The van der Waals surface area contributed by atoms with Gasteiger partial charge in [0.1, 0.15) is 6.67 Å². The van der Waals surface area contributed by atoms with Crippen molar-refractivity contribution in [2.24, 2.45) is 0 Å². The van der Waals surface area contributed by atoms with E-state index in [4.69, 9.17) is 5.11 Å². The Hall–Kier alpha value is -1.52. The van der Waals surface area contributed by atoms with Crippen molar-refractivity contribution in [3.05, 3.63) is 23.8 Å². The zero-order valence-corrected chi connectivity index (χ0v) is 5.49. The molecule has 0 aliphatic carbocycles. The van der Waals surface area contributed by atoms with Crippen molar-refractivity contribution in [2.45, 2.75) is 6.67 Å². The lowest BCUT2D eigenvalue weighted by Gasteiger charge is -1.93. The first-order valence-corrected chi connectivity index (χ1v) is 2.84.